The number of hydrogen-bond donors (Lipinski definition) is 2. The maximum absolute atomic E-state index is 10.9. The number of nitro groups is 1. The minimum absolute atomic E-state index is 0.0193. The van der Waals surface area contributed by atoms with Crippen molar-refractivity contribution >= 4 is 16.7 Å². The van der Waals surface area contributed by atoms with E-state index in [4.69, 9.17) is 0 Å². The van der Waals surface area contributed by atoms with Crippen LogP contribution >= 0.6 is 0 Å². The maximum atomic E-state index is 10.9. The smallest absolute Gasteiger partial charge is 0.271 e. The first-order valence-corrected chi connectivity index (χ1v) is 8.20. The highest BCUT2D eigenvalue weighted by Gasteiger charge is 2.23. The molecule has 3 rings (SSSR count). The molecule has 0 aliphatic heterocycles. The van der Waals surface area contributed by atoms with Gasteiger partial charge in [-0.25, -0.2) is 0 Å². The largest absolute Gasteiger partial charge is 0.505 e. The van der Waals surface area contributed by atoms with Crippen LogP contribution in [0.1, 0.15) is 31.9 Å². The van der Waals surface area contributed by atoms with E-state index in [0.717, 1.165) is 5.56 Å². The summed E-state index contributed by atoms with van der Waals surface area (Å²) >= 11 is 0. The maximum Gasteiger partial charge on any atom is 0.271 e. The Morgan fingerprint density at radius 2 is 1.85 bits per heavy atom. The minimum atomic E-state index is -0.491. The van der Waals surface area contributed by atoms with Gasteiger partial charge in [0.1, 0.15) is 22.5 Å². The van der Waals surface area contributed by atoms with Gasteiger partial charge in [-0.2, -0.15) is 0 Å². The predicted molar refractivity (Wildman–Crippen MR) is 96.7 cm³/mol. The van der Waals surface area contributed by atoms with Gasteiger partial charge < -0.3 is 10.2 Å². The number of non-ortho nitro benzene ring substituents is 1. The van der Waals surface area contributed by atoms with Gasteiger partial charge in [-0.05, 0) is 29.5 Å². The van der Waals surface area contributed by atoms with E-state index < -0.39 is 4.92 Å². The van der Waals surface area contributed by atoms with Crippen molar-refractivity contribution in [2.45, 2.75) is 32.6 Å². The molecule has 26 heavy (non-hydrogen) atoms. The van der Waals surface area contributed by atoms with Gasteiger partial charge in [0.15, 0.2) is 0 Å². The van der Waals surface area contributed by atoms with Crippen molar-refractivity contribution < 1.29 is 15.1 Å². The number of aromatic nitrogens is 3. The third-order valence-electron chi connectivity index (χ3n) is 4.15. The number of rotatable bonds is 4. The van der Waals surface area contributed by atoms with E-state index in [2.05, 4.69) is 10.2 Å². The summed E-state index contributed by atoms with van der Waals surface area (Å²) in [6, 6.07) is 7.82. The van der Waals surface area contributed by atoms with Gasteiger partial charge in [0, 0.05) is 24.3 Å². The molecular weight excluding hydrogens is 336 g/mol. The molecule has 1 heterocycles. The summed E-state index contributed by atoms with van der Waals surface area (Å²) in [5, 5.41) is 39.6. The van der Waals surface area contributed by atoms with Gasteiger partial charge in [-0.1, -0.05) is 26.8 Å². The Labute approximate surface area is 149 Å². The van der Waals surface area contributed by atoms with Gasteiger partial charge in [0.25, 0.3) is 5.69 Å². The summed E-state index contributed by atoms with van der Waals surface area (Å²) in [5.74, 6) is 0.0500. The molecule has 0 radical (unpaired) electrons. The van der Waals surface area contributed by atoms with Crippen molar-refractivity contribution in [2.24, 2.45) is 0 Å². The van der Waals surface area contributed by atoms with Crippen LogP contribution in [0.25, 0.3) is 16.7 Å². The zero-order chi connectivity index (χ0) is 19.1. The van der Waals surface area contributed by atoms with Crippen LogP contribution in [0.2, 0.25) is 0 Å². The summed E-state index contributed by atoms with van der Waals surface area (Å²) < 4.78 is 0. The van der Waals surface area contributed by atoms with Gasteiger partial charge >= 0.3 is 0 Å². The lowest BCUT2D eigenvalue weighted by Gasteiger charge is -2.23. The molecule has 2 aromatic carbocycles. The number of hydrogen-bond acceptors (Lipinski definition) is 6. The number of aromatic hydroxyl groups is 1. The van der Waals surface area contributed by atoms with Crippen LogP contribution in [0.4, 0.5) is 5.69 Å². The van der Waals surface area contributed by atoms with Gasteiger partial charge in [-0.3, -0.25) is 10.1 Å². The van der Waals surface area contributed by atoms with Crippen LogP contribution in [0.3, 0.4) is 0 Å². The number of fused-ring (bicyclic) bond motifs is 1. The van der Waals surface area contributed by atoms with Crippen LogP contribution in [-0.4, -0.2) is 36.7 Å². The Kier molecular flexibility index (Phi) is 4.37. The third kappa shape index (κ3) is 3.23. The highest BCUT2D eigenvalue weighted by atomic mass is 16.6. The van der Waals surface area contributed by atoms with Crippen molar-refractivity contribution in [3.8, 4) is 11.4 Å². The van der Waals surface area contributed by atoms with E-state index in [1.54, 1.807) is 6.07 Å². The third-order valence-corrected chi connectivity index (χ3v) is 4.15. The summed E-state index contributed by atoms with van der Waals surface area (Å²) in [6.45, 7) is 5.91. The minimum Gasteiger partial charge on any atom is -0.505 e. The second kappa shape index (κ2) is 6.38. The number of phenols is 1. The molecule has 0 amide bonds. The standard InChI is InChI=1S/C18H20N4O4/c1-18(2,3)13-8-11(6-7-23)9-16(17(13)24)21-19-14-5-4-12(22(25)26)10-15(14)20-21/h4-5,8-10,23-24H,6-7H2,1-3H3. The zero-order valence-corrected chi connectivity index (χ0v) is 14.8. The molecule has 136 valence electrons. The molecule has 8 nitrogen and oxygen atoms in total. The summed E-state index contributed by atoms with van der Waals surface area (Å²) in [4.78, 5) is 11.7. The number of phenolic OH excluding ortho intramolecular Hbond substituents is 1. The van der Waals surface area contributed by atoms with Crippen LogP contribution in [0.15, 0.2) is 30.3 Å². The van der Waals surface area contributed by atoms with Gasteiger partial charge in [0.2, 0.25) is 0 Å². The molecule has 0 spiro atoms. The van der Waals surface area contributed by atoms with E-state index in [1.165, 1.54) is 23.0 Å². The molecule has 0 fully saturated rings. The lowest BCUT2D eigenvalue weighted by Crippen LogP contribution is -2.14. The first-order chi connectivity index (χ1) is 12.2. The number of nitro benzene ring substituents is 1. The van der Waals surface area contributed by atoms with E-state index in [9.17, 15) is 20.3 Å². The summed E-state index contributed by atoms with van der Waals surface area (Å²) in [6.07, 6.45) is 0.433. The van der Waals surface area contributed by atoms with Gasteiger partial charge in [0.05, 0.1) is 4.92 Å². The van der Waals surface area contributed by atoms with Gasteiger partial charge in [-0.15, -0.1) is 15.0 Å². The molecule has 0 atom stereocenters. The molecular formula is C18H20N4O4. The number of benzene rings is 2. The van der Waals surface area contributed by atoms with Crippen molar-refractivity contribution in [3.05, 3.63) is 51.6 Å². The fourth-order valence-corrected chi connectivity index (χ4v) is 2.80. The lowest BCUT2D eigenvalue weighted by molar-refractivity contribution is -0.384. The molecule has 0 aliphatic carbocycles. The SMILES string of the molecule is CC(C)(C)c1cc(CCO)cc(-n2nc3ccc([N+](=O)[O-])cc3n2)c1O. The predicted octanol–water partition coefficient (Wildman–Crippen LogP) is 2.87. The first-order valence-electron chi connectivity index (χ1n) is 8.20. The molecule has 0 bridgehead atoms. The molecule has 8 heteroatoms. The highest BCUT2D eigenvalue weighted by molar-refractivity contribution is 5.77. The molecule has 2 N–H and O–H groups in total. The monoisotopic (exact) mass is 356 g/mol. The normalized spacial score (nSPS) is 11.8. The quantitative estimate of drug-likeness (QED) is 0.549. The molecule has 1 aromatic heterocycles. The average Bonchev–Trinajstić information content (AvgIpc) is 2.98. The molecule has 0 saturated heterocycles. The lowest BCUT2D eigenvalue weighted by atomic mass is 9.84. The second-order valence-electron chi connectivity index (χ2n) is 7.15. The van der Waals surface area contributed by atoms with E-state index in [-0.39, 0.29) is 23.5 Å². The molecule has 0 aliphatic rings. The van der Waals surface area contributed by atoms with E-state index >= 15 is 0 Å². The van der Waals surface area contributed by atoms with Crippen molar-refractivity contribution in [2.75, 3.05) is 6.61 Å². The highest BCUT2D eigenvalue weighted by Crippen LogP contribution is 2.36. The second-order valence-corrected chi connectivity index (χ2v) is 7.15. The van der Waals surface area contributed by atoms with E-state index in [0.29, 0.717) is 28.7 Å². The van der Waals surface area contributed by atoms with Crippen molar-refractivity contribution in [1.82, 2.24) is 15.0 Å². The Morgan fingerprint density at radius 3 is 2.46 bits per heavy atom. The summed E-state index contributed by atoms with van der Waals surface area (Å²) in [5.41, 5.74) is 2.39. The van der Waals surface area contributed by atoms with Crippen LogP contribution < -0.4 is 0 Å². The molecule has 0 saturated carbocycles. The fraction of sp³-hybridized carbons (Fsp3) is 0.333. The first kappa shape index (κ1) is 17.8. The number of aliphatic hydroxyl groups is 1. The average molecular weight is 356 g/mol. The zero-order valence-electron chi connectivity index (χ0n) is 14.8. The van der Waals surface area contributed by atoms with Crippen molar-refractivity contribution in [3.63, 3.8) is 0 Å². The Morgan fingerprint density at radius 1 is 1.15 bits per heavy atom. The molecule has 0 unspecified atom stereocenters. The van der Waals surface area contributed by atoms with Crippen LogP contribution in [-0.2, 0) is 11.8 Å². The van der Waals surface area contributed by atoms with Crippen LogP contribution in [0.5, 0.6) is 5.75 Å². The van der Waals surface area contributed by atoms with E-state index in [1.807, 2.05) is 26.8 Å². The summed E-state index contributed by atoms with van der Waals surface area (Å²) in [7, 11) is 0. The van der Waals surface area contributed by atoms with Crippen molar-refractivity contribution in [1.29, 1.82) is 0 Å². The Bertz CT molecular complexity index is 989. The van der Waals surface area contributed by atoms with Crippen LogP contribution in [0, 0.1) is 10.1 Å². The number of aliphatic hydroxyl groups excluding tert-OH is 1. The Hall–Kier alpha value is -3.00. The Balaban J connectivity index is 2.20. The molecule has 3 aromatic rings. The topological polar surface area (TPSA) is 114 Å². The fourth-order valence-electron chi connectivity index (χ4n) is 2.80. The number of nitrogens with zero attached hydrogens (tertiary/aromatic N) is 4.